The lowest BCUT2D eigenvalue weighted by Crippen LogP contribution is -2.46. The van der Waals surface area contributed by atoms with Crippen molar-refractivity contribution in [3.63, 3.8) is 0 Å². The van der Waals surface area contributed by atoms with Crippen LogP contribution in [0.2, 0.25) is 5.02 Å². The number of carbonyl (C=O) groups is 2. The van der Waals surface area contributed by atoms with Crippen LogP contribution in [0.5, 0.6) is 0 Å². The van der Waals surface area contributed by atoms with Gasteiger partial charge in [0.05, 0.1) is 22.0 Å². The first-order chi connectivity index (χ1) is 22.1. The fraction of sp³-hybridized carbons (Fsp3) is 0.257. The maximum atomic E-state index is 14.4. The molecule has 4 aromatic carbocycles. The Kier molecular flexibility index (Phi) is 9.04. The van der Waals surface area contributed by atoms with Gasteiger partial charge in [-0.2, -0.15) is 4.31 Å². The van der Waals surface area contributed by atoms with Crippen LogP contribution in [-0.2, 0) is 10.0 Å². The van der Waals surface area contributed by atoms with E-state index in [1.54, 1.807) is 49.5 Å². The van der Waals surface area contributed by atoms with E-state index in [-0.39, 0.29) is 33.1 Å². The minimum absolute atomic E-state index is 0.0773. The van der Waals surface area contributed by atoms with Crippen molar-refractivity contribution in [2.24, 2.45) is 5.92 Å². The summed E-state index contributed by atoms with van der Waals surface area (Å²) in [4.78, 5) is 27.1. The minimum atomic E-state index is -3.97. The molecule has 1 saturated carbocycles. The monoisotopic (exact) mass is 658 g/mol. The second-order valence-corrected chi connectivity index (χ2v) is 14.1. The number of carbonyl (C=O) groups excluding carboxylic acids is 1. The van der Waals surface area contributed by atoms with Crippen LogP contribution < -0.4 is 15.5 Å². The lowest BCUT2D eigenvalue weighted by molar-refractivity contribution is 0.0698. The Bertz CT molecular complexity index is 1870. The molecular formula is C35H35ClN4O5S. The number of nitrogens with zero attached hydrogens (tertiary/aromatic N) is 2. The van der Waals surface area contributed by atoms with Gasteiger partial charge in [-0.3, -0.25) is 0 Å². The fourth-order valence-corrected chi connectivity index (χ4v) is 8.41. The fourth-order valence-electron chi connectivity index (χ4n) is 6.54. The molecule has 238 valence electrons. The van der Waals surface area contributed by atoms with Crippen LogP contribution >= 0.6 is 11.6 Å². The lowest BCUT2D eigenvalue weighted by atomic mass is 9.83. The second kappa shape index (κ2) is 13.2. The molecule has 1 heterocycles. The van der Waals surface area contributed by atoms with E-state index in [9.17, 15) is 23.1 Å². The average molecular weight is 659 g/mol. The van der Waals surface area contributed by atoms with Crippen molar-refractivity contribution in [2.45, 2.75) is 43.0 Å². The summed E-state index contributed by atoms with van der Waals surface area (Å²) in [6, 6.07) is 25.3. The van der Waals surface area contributed by atoms with E-state index in [0.29, 0.717) is 29.0 Å². The summed E-state index contributed by atoms with van der Waals surface area (Å²) in [5.41, 5.74) is 2.55. The number of hydrogen-bond acceptors (Lipinski definition) is 5. The number of anilines is 4. The summed E-state index contributed by atoms with van der Waals surface area (Å²) in [7, 11) is -2.32. The highest BCUT2D eigenvalue weighted by Gasteiger charge is 2.41. The molecule has 1 atom stereocenters. The van der Waals surface area contributed by atoms with Gasteiger partial charge < -0.3 is 20.6 Å². The molecule has 6 rings (SSSR count). The number of fused-ring (bicyclic) bond motifs is 1. The molecule has 0 saturated heterocycles. The highest BCUT2D eigenvalue weighted by atomic mass is 35.5. The van der Waals surface area contributed by atoms with E-state index in [4.69, 9.17) is 11.6 Å². The third-order valence-corrected chi connectivity index (χ3v) is 11.2. The summed E-state index contributed by atoms with van der Waals surface area (Å²) >= 11 is 6.90. The van der Waals surface area contributed by atoms with Gasteiger partial charge in [0.2, 0.25) is 10.0 Å². The lowest BCUT2D eigenvalue weighted by Gasteiger charge is -2.36. The van der Waals surface area contributed by atoms with Crippen molar-refractivity contribution in [3.05, 3.63) is 102 Å². The molecule has 2 amide bonds. The molecule has 0 unspecified atom stereocenters. The molecular weight excluding hydrogens is 624 g/mol. The van der Waals surface area contributed by atoms with Crippen LogP contribution in [0.4, 0.5) is 27.5 Å². The predicted octanol–water partition coefficient (Wildman–Crippen LogP) is 8.07. The minimum Gasteiger partial charge on any atom is -0.478 e. The zero-order valence-electron chi connectivity index (χ0n) is 25.3. The van der Waals surface area contributed by atoms with E-state index < -0.39 is 22.0 Å². The smallest absolute Gasteiger partial charge is 0.337 e. The molecule has 0 bridgehead atoms. The first-order valence-electron chi connectivity index (χ1n) is 15.3. The normalized spacial score (nSPS) is 18.3. The predicted molar refractivity (Wildman–Crippen MR) is 182 cm³/mol. The molecule has 1 aliphatic heterocycles. The number of hydrogen-bond donors (Lipinski definition) is 3. The third-order valence-electron chi connectivity index (χ3n) is 8.94. The standard InChI is InChI=1S/C35H35ClN4O5S/c1-39-32(23-11-5-2-6-12-23)22-40(26-15-9-4-10-16-26)31-21-29(36)27(20-33(31)46(39,44)45)24-17-18-30(28(19-24)34(41)42)38-35(43)37-25-13-7-3-8-14-25/h3-4,7-10,13-21,23,32H,2,5-6,11-12,22H2,1H3,(H,41,42)(H2,37,38,43)/t32-/m0/s1. The Labute approximate surface area is 273 Å². The van der Waals surface area contributed by atoms with Crippen LogP contribution in [0.3, 0.4) is 0 Å². The van der Waals surface area contributed by atoms with E-state index in [1.165, 1.54) is 16.4 Å². The number of para-hydroxylation sites is 2. The Balaban J connectivity index is 1.41. The van der Waals surface area contributed by atoms with Crippen LogP contribution in [0, 0.1) is 5.92 Å². The van der Waals surface area contributed by atoms with Gasteiger partial charge in [-0.1, -0.05) is 73.3 Å². The number of carboxylic acids is 1. The van der Waals surface area contributed by atoms with Crippen molar-refractivity contribution < 1.29 is 23.1 Å². The van der Waals surface area contributed by atoms with Gasteiger partial charge in [-0.25, -0.2) is 18.0 Å². The van der Waals surface area contributed by atoms with Gasteiger partial charge in [0.1, 0.15) is 4.90 Å². The molecule has 4 aromatic rings. The number of carboxylic acid groups (broad SMARTS) is 1. The summed E-state index contributed by atoms with van der Waals surface area (Å²) in [6.45, 7) is 0.474. The Morgan fingerprint density at radius 2 is 1.54 bits per heavy atom. The highest BCUT2D eigenvalue weighted by molar-refractivity contribution is 7.89. The van der Waals surface area contributed by atoms with E-state index in [2.05, 4.69) is 10.6 Å². The van der Waals surface area contributed by atoms with Gasteiger partial charge in [0.25, 0.3) is 0 Å². The number of urea groups is 1. The van der Waals surface area contributed by atoms with Crippen LogP contribution in [0.25, 0.3) is 11.1 Å². The van der Waals surface area contributed by atoms with Crippen LogP contribution in [-0.4, -0.2) is 49.5 Å². The van der Waals surface area contributed by atoms with Crippen LogP contribution in [0.1, 0.15) is 42.5 Å². The average Bonchev–Trinajstić information content (AvgIpc) is 3.14. The quantitative estimate of drug-likeness (QED) is 0.193. The second-order valence-electron chi connectivity index (χ2n) is 11.7. The molecule has 11 heteroatoms. The van der Waals surface area contributed by atoms with Gasteiger partial charge in [0.15, 0.2) is 0 Å². The number of aromatic carboxylic acids is 1. The first-order valence-corrected chi connectivity index (χ1v) is 17.1. The number of rotatable bonds is 6. The highest BCUT2D eigenvalue weighted by Crippen LogP contribution is 2.45. The van der Waals surface area contributed by atoms with E-state index in [1.807, 2.05) is 41.3 Å². The maximum absolute atomic E-state index is 14.4. The van der Waals surface area contributed by atoms with Crippen molar-refractivity contribution in [3.8, 4) is 11.1 Å². The van der Waals surface area contributed by atoms with Crippen molar-refractivity contribution in [1.29, 1.82) is 0 Å². The molecule has 46 heavy (non-hydrogen) atoms. The summed E-state index contributed by atoms with van der Waals surface area (Å²) in [5, 5.41) is 15.6. The maximum Gasteiger partial charge on any atom is 0.337 e. The molecule has 1 fully saturated rings. The summed E-state index contributed by atoms with van der Waals surface area (Å²) in [6.07, 6.45) is 5.25. The van der Waals surface area contributed by atoms with Crippen LogP contribution in [0.15, 0.2) is 95.9 Å². The first kappa shape index (κ1) is 31.6. The topological polar surface area (TPSA) is 119 Å². The molecule has 3 N–H and O–H groups in total. The zero-order chi connectivity index (χ0) is 32.4. The van der Waals surface area contributed by atoms with E-state index >= 15 is 0 Å². The number of sulfonamides is 1. The van der Waals surface area contributed by atoms with Crippen molar-refractivity contribution in [1.82, 2.24) is 4.31 Å². The molecule has 2 aliphatic rings. The number of halogens is 1. The molecule has 0 aromatic heterocycles. The Morgan fingerprint density at radius 1 is 0.870 bits per heavy atom. The molecule has 0 spiro atoms. The molecule has 9 nitrogen and oxygen atoms in total. The Morgan fingerprint density at radius 3 is 2.22 bits per heavy atom. The number of benzene rings is 4. The number of likely N-dealkylation sites (N-methyl/N-ethyl adjacent to an activating group) is 1. The number of amides is 2. The van der Waals surface area contributed by atoms with Gasteiger partial charge in [-0.05, 0) is 72.9 Å². The summed E-state index contributed by atoms with van der Waals surface area (Å²) in [5.74, 6) is -1.04. The number of nitrogens with one attached hydrogen (secondary N) is 2. The third kappa shape index (κ3) is 6.33. The largest absolute Gasteiger partial charge is 0.478 e. The van der Waals surface area contributed by atoms with Crippen molar-refractivity contribution >= 4 is 56.4 Å². The zero-order valence-corrected chi connectivity index (χ0v) is 26.9. The van der Waals surface area contributed by atoms with Gasteiger partial charge >= 0.3 is 12.0 Å². The van der Waals surface area contributed by atoms with E-state index in [0.717, 1.165) is 37.8 Å². The Hall–Kier alpha value is -4.38. The molecule has 1 aliphatic carbocycles. The molecule has 0 radical (unpaired) electrons. The van der Waals surface area contributed by atoms with Crippen molar-refractivity contribution in [2.75, 3.05) is 29.1 Å². The summed E-state index contributed by atoms with van der Waals surface area (Å²) < 4.78 is 30.2. The SMILES string of the molecule is CN1[C@H](C2CCCCC2)CN(c2ccccc2)c2cc(Cl)c(-c3ccc(NC(=O)Nc4ccccc4)c(C(=O)O)c3)cc2S1(=O)=O. The van der Waals surface area contributed by atoms with Gasteiger partial charge in [-0.15, -0.1) is 0 Å². The van der Waals surface area contributed by atoms with Gasteiger partial charge in [0, 0.05) is 36.6 Å².